The summed E-state index contributed by atoms with van der Waals surface area (Å²) in [5.74, 6) is -0.988. The SMILES string of the molecule is CCCc1nc(CSC(C)C(=O)Nc2cc(F)ccc2F)cs1. The van der Waals surface area contributed by atoms with Crippen molar-refractivity contribution >= 4 is 34.7 Å². The Bertz CT molecular complexity index is 676. The number of nitrogens with zero attached hydrogens (tertiary/aromatic N) is 1. The average Bonchev–Trinajstić information content (AvgIpc) is 2.96. The highest BCUT2D eigenvalue weighted by molar-refractivity contribution is 7.99. The monoisotopic (exact) mass is 356 g/mol. The highest BCUT2D eigenvalue weighted by Gasteiger charge is 2.16. The number of carbonyl (C=O) groups excluding carboxylic acids is 1. The minimum atomic E-state index is -0.652. The van der Waals surface area contributed by atoms with Crippen molar-refractivity contribution in [2.24, 2.45) is 0 Å². The summed E-state index contributed by atoms with van der Waals surface area (Å²) in [5.41, 5.74) is 0.807. The van der Waals surface area contributed by atoms with E-state index in [1.807, 2.05) is 5.38 Å². The lowest BCUT2D eigenvalue weighted by atomic mass is 10.3. The van der Waals surface area contributed by atoms with Crippen molar-refractivity contribution < 1.29 is 13.6 Å². The van der Waals surface area contributed by atoms with E-state index in [0.29, 0.717) is 5.75 Å². The standard InChI is InChI=1S/C16H18F2N2OS2/c1-3-4-15-19-12(9-23-15)8-22-10(2)16(21)20-14-7-11(17)5-6-13(14)18/h5-7,9-10H,3-4,8H2,1-2H3,(H,20,21). The summed E-state index contributed by atoms with van der Waals surface area (Å²) in [4.78, 5) is 16.6. The van der Waals surface area contributed by atoms with Crippen molar-refractivity contribution in [3.05, 3.63) is 45.9 Å². The van der Waals surface area contributed by atoms with Gasteiger partial charge >= 0.3 is 0 Å². The van der Waals surface area contributed by atoms with Crippen LogP contribution in [-0.4, -0.2) is 16.1 Å². The number of nitrogens with one attached hydrogen (secondary N) is 1. The van der Waals surface area contributed by atoms with Crippen LogP contribution in [0.5, 0.6) is 0 Å². The van der Waals surface area contributed by atoms with Crippen molar-refractivity contribution in [1.29, 1.82) is 0 Å². The van der Waals surface area contributed by atoms with Crippen LogP contribution < -0.4 is 5.32 Å². The van der Waals surface area contributed by atoms with Gasteiger partial charge in [-0.15, -0.1) is 23.1 Å². The fourth-order valence-corrected chi connectivity index (χ4v) is 3.64. The van der Waals surface area contributed by atoms with Crippen molar-refractivity contribution in [3.8, 4) is 0 Å². The molecule has 0 aliphatic carbocycles. The Kier molecular flexibility index (Phi) is 6.53. The van der Waals surface area contributed by atoms with Crippen molar-refractivity contribution in [2.75, 3.05) is 5.32 Å². The first-order valence-electron chi connectivity index (χ1n) is 7.30. The van der Waals surface area contributed by atoms with Gasteiger partial charge in [-0.2, -0.15) is 0 Å². The van der Waals surface area contributed by atoms with Crippen LogP contribution in [0.25, 0.3) is 0 Å². The fourth-order valence-electron chi connectivity index (χ4n) is 1.86. The number of rotatable bonds is 7. The Labute approximate surface area is 142 Å². The Balaban J connectivity index is 1.88. The fraction of sp³-hybridized carbons (Fsp3) is 0.375. The molecule has 0 fully saturated rings. The number of thioether (sulfide) groups is 1. The van der Waals surface area contributed by atoms with Crippen LogP contribution in [0.1, 0.15) is 31.0 Å². The van der Waals surface area contributed by atoms with E-state index >= 15 is 0 Å². The maximum atomic E-state index is 13.5. The van der Waals surface area contributed by atoms with Gasteiger partial charge in [-0.1, -0.05) is 6.92 Å². The highest BCUT2D eigenvalue weighted by atomic mass is 32.2. The molecule has 1 unspecified atom stereocenters. The lowest BCUT2D eigenvalue weighted by molar-refractivity contribution is -0.115. The van der Waals surface area contributed by atoms with Crippen LogP contribution in [0, 0.1) is 11.6 Å². The predicted molar refractivity (Wildman–Crippen MR) is 91.9 cm³/mol. The second-order valence-electron chi connectivity index (χ2n) is 5.05. The molecule has 2 aromatic rings. The van der Waals surface area contributed by atoms with E-state index in [9.17, 15) is 13.6 Å². The van der Waals surface area contributed by atoms with Crippen LogP contribution in [0.3, 0.4) is 0 Å². The second-order valence-corrected chi connectivity index (χ2v) is 7.32. The molecule has 0 radical (unpaired) electrons. The zero-order chi connectivity index (χ0) is 16.8. The van der Waals surface area contributed by atoms with E-state index in [0.717, 1.165) is 41.7 Å². The summed E-state index contributed by atoms with van der Waals surface area (Å²) in [5, 5.41) is 5.12. The lowest BCUT2D eigenvalue weighted by Crippen LogP contribution is -2.23. The summed E-state index contributed by atoms with van der Waals surface area (Å²) >= 11 is 3.04. The van der Waals surface area contributed by atoms with Crippen molar-refractivity contribution in [1.82, 2.24) is 4.98 Å². The second kappa shape index (κ2) is 8.40. The summed E-state index contributed by atoms with van der Waals surface area (Å²) in [6.45, 7) is 3.84. The molecule has 0 aliphatic heterocycles. The van der Waals surface area contributed by atoms with Gasteiger partial charge < -0.3 is 5.32 Å². The third-order valence-corrected chi connectivity index (χ3v) is 5.23. The number of amides is 1. The molecule has 124 valence electrons. The quantitative estimate of drug-likeness (QED) is 0.786. The van der Waals surface area contributed by atoms with Gasteiger partial charge in [0.05, 0.1) is 21.6 Å². The van der Waals surface area contributed by atoms with Crippen molar-refractivity contribution in [2.45, 2.75) is 37.7 Å². The number of anilines is 1. The number of halogens is 2. The van der Waals surface area contributed by atoms with Gasteiger partial charge in [0.1, 0.15) is 11.6 Å². The predicted octanol–water partition coefficient (Wildman–Crippen LogP) is 4.63. The minimum Gasteiger partial charge on any atom is -0.323 e. The first-order valence-corrected chi connectivity index (χ1v) is 9.23. The number of thiazole rings is 1. The molecule has 7 heteroatoms. The van der Waals surface area contributed by atoms with Crippen LogP contribution >= 0.6 is 23.1 Å². The van der Waals surface area contributed by atoms with E-state index < -0.39 is 16.9 Å². The molecule has 0 saturated carbocycles. The van der Waals surface area contributed by atoms with Crippen LogP contribution in [0.4, 0.5) is 14.5 Å². The maximum Gasteiger partial charge on any atom is 0.237 e. The van der Waals surface area contributed by atoms with Crippen LogP contribution in [0.2, 0.25) is 0 Å². The van der Waals surface area contributed by atoms with Gasteiger partial charge in [-0.05, 0) is 31.9 Å². The number of carbonyl (C=O) groups is 1. The first kappa shape index (κ1) is 17.9. The molecule has 2 rings (SSSR count). The number of benzene rings is 1. The summed E-state index contributed by atoms with van der Waals surface area (Å²) < 4.78 is 26.6. The first-order chi connectivity index (χ1) is 11.0. The number of hydrogen-bond acceptors (Lipinski definition) is 4. The molecular formula is C16H18F2N2OS2. The number of aryl methyl sites for hydroxylation is 1. The highest BCUT2D eigenvalue weighted by Crippen LogP contribution is 2.22. The van der Waals surface area contributed by atoms with Gasteiger partial charge in [0.15, 0.2) is 0 Å². The molecule has 1 N–H and O–H groups in total. The van der Waals surface area contributed by atoms with Crippen LogP contribution in [-0.2, 0) is 17.0 Å². The third kappa shape index (κ3) is 5.28. The topological polar surface area (TPSA) is 42.0 Å². The summed E-state index contributed by atoms with van der Waals surface area (Å²) in [6, 6.07) is 2.98. The Morgan fingerprint density at radius 3 is 2.96 bits per heavy atom. The molecule has 3 nitrogen and oxygen atoms in total. The number of aromatic nitrogens is 1. The maximum absolute atomic E-state index is 13.5. The zero-order valence-corrected chi connectivity index (χ0v) is 14.6. The van der Waals surface area contributed by atoms with Gasteiger partial charge in [-0.25, -0.2) is 13.8 Å². The van der Waals surface area contributed by atoms with Gasteiger partial charge in [0.25, 0.3) is 0 Å². The molecule has 0 spiro atoms. The van der Waals surface area contributed by atoms with Crippen LogP contribution in [0.15, 0.2) is 23.6 Å². The molecule has 1 aromatic carbocycles. The van der Waals surface area contributed by atoms with Gasteiger partial charge in [0, 0.05) is 17.2 Å². The molecular weight excluding hydrogens is 338 g/mol. The summed E-state index contributed by atoms with van der Waals surface area (Å²) in [7, 11) is 0. The van der Waals surface area contributed by atoms with Gasteiger partial charge in [-0.3, -0.25) is 4.79 Å². The van der Waals surface area contributed by atoms with E-state index in [1.54, 1.807) is 18.3 Å². The normalized spacial score (nSPS) is 12.2. The molecule has 0 aliphatic rings. The molecule has 0 bridgehead atoms. The largest absolute Gasteiger partial charge is 0.323 e. The van der Waals surface area contributed by atoms with E-state index in [2.05, 4.69) is 17.2 Å². The minimum absolute atomic E-state index is 0.138. The Hall–Kier alpha value is -1.47. The van der Waals surface area contributed by atoms with Gasteiger partial charge in [0.2, 0.25) is 5.91 Å². The molecule has 1 amide bonds. The molecule has 1 heterocycles. The average molecular weight is 356 g/mol. The third-order valence-electron chi connectivity index (χ3n) is 3.10. The molecule has 0 saturated heterocycles. The summed E-state index contributed by atoms with van der Waals surface area (Å²) in [6.07, 6.45) is 2.02. The van der Waals surface area contributed by atoms with E-state index in [-0.39, 0.29) is 11.6 Å². The Morgan fingerprint density at radius 2 is 2.22 bits per heavy atom. The molecule has 1 atom stereocenters. The smallest absolute Gasteiger partial charge is 0.237 e. The van der Waals surface area contributed by atoms with E-state index in [1.165, 1.54) is 11.8 Å². The number of hydrogen-bond donors (Lipinski definition) is 1. The molecule has 23 heavy (non-hydrogen) atoms. The Morgan fingerprint density at radius 1 is 1.43 bits per heavy atom. The van der Waals surface area contributed by atoms with E-state index in [4.69, 9.17) is 0 Å². The molecule has 1 aromatic heterocycles. The zero-order valence-electron chi connectivity index (χ0n) is 12.9. The lowest BCUT2D eigenvalue weighted by Gasteiger charge is -2.12. The van der Waals surface area contributed by atoms with Crippen molar-refractivity contribution in [3.63, 3.8) is 0 Å².